The van der Waals surface area contributed by atoms with E-state index in [1.54, 1.807) is 31.2 Å². The zero-order valence-corrected chi connectivity index (χ0v) is 17.3. The zero-order valence-electron chi connectivity index (χ0n) is 17.3. The van der Waals surface area contributed by atoms with E-state index < -0.39 is 29.9 Å². The Kier molecular flexibility index (Phi) is 6.59. The number of carbonyl (C=O) groups excluding carboxylic acids is 4. The quantitative estimate of drug-likeness (QED) is 0.574. The number of hydrogen-bond acceptors (Lipinski definition) is 5. The van der Waals surface area contributed by atoms with E-state index in [0.29, 0.717) is 11.3 Å². The number of nitrogens with zero attached hydrogens (tertiary/aromatic N) is 1. The van der Waals surface area contributed by atoms with Crippen molar-refractivity contribution < 1.29 is 23.9 Å². The van der Waals surface area contributed by atoms with Crippen molar-refractivity contribution >= 4 is 23.8 Å². The second kappa shape index (κ2) is 9.15. The first kappa shape index (κ1) is 21.6. The van der Waals surface area contributed by atoms with Crippen LogP contribution in [0.4, 0.5) is 4.79 Å². The second-order valence-electron chi connectivity index (χ2n) is 7.85. The largest absolute Gasteiger partial charge is 0.497 e. The molecule has 0 spiro atoms. The van der Waals surface area contributed by atoms with Crippen LogP contribution in [0, 0.1) is 0 Å². The Labute approximate surface area is 175 Å². The van der Waals surface area contributed by atoms with Gasteiger partial charge in [0, 0.05) is 6.04 Å². The van der Waals surface area contributed by atoms with Crippen molar-refractivity contribution in [3.63, 3.8) is 0 Å². The molecule has 9 heteroatoms. The maximum absolute atomic E-state index is 12.9. The van der Waals surface area contributed by atoms with Gasteiger partial charge in [-0.2, -0.15) is 0 Å². The summed E-state index contributed by atoms with van der Waals surface area (Å²) in [6.07, 6.45) is 5.27. The zero-order chi connectivity index (χ0) is 21.7. The van der Waals surface area contributed by atoms with E-state index in [9.17, 15) is 19.2 Å². The summed E-state index contributed by atoms with van der Waals surface area (Å²) >= 11 is 0. The van der Waals surface area contributed by atoms with Crippen LogP contribution in [0.25, 0.3) is 0 Å². The third kappa shape index (κ3) is 4.72. The lowest BCUT2D eigenvalue weighted by Gasteiger charge is -2.23. The first-order valence-electron chi connectivity index (χ1n) is 10.2. The average Bonchev–Trinajstić information content (AvgIpc) is 2.97. The fourth-order valence-corrected chi connectivity index (χ4v) is 3.86. The van der Waals surface area contributed by atoms with Crippen LogP contribution in [0.5, 0.6) is 5.75 Å². The van der Waals surface area contributed by atoms with Gasteiger partial charge in [-0.15, -0.1) is 0 Å². The van der Waals surface area contributed by atoms with E-state index in [4.69, 9.17) is 4.74 Å². The summed E-state index contributed by atoms with van der Waals surface area (Å²) in [6.45, 7) is 0.951. The normalized spacial score (nSPS) is 21.9. The lowest BCUT2D eigenvalue weighted by molar-refractivity contribution is -0.135. The van der Waals surface area contributed by atoms with Crippen LogP contribution < -0.4 is 20.7 Å². The van der Waals surface area contributed by atoms with Gasteiger partial charge in [0.25, 0.3) is 5.91 Å². The summed E-state index contributed by atoms with van der Waals surface area (Å²) in [5, 5.41) is 8.03. The maximum atomic E-state index is 12.9. The topological polar surface area (TPSA) is 117 Å². The van der Waals surface area contributed by atoms with Gasteiger partial charge in [-0.25, -0.2) is 4.79 Å². The van der Waals surface area contributed by atoms with Gasteiger partial charge in [-0.3, -0.25) is 19.3 Å². The van der Waals surface area contributed by atoms with Crippen LogP contribution in [-0.4, -0.2) is 54.9 Å². The molecule has 1 aromatic carbocycles. The van der Waals surface area contributed by atoms with Crippen molar-refractivity contribution in [3.05, 3.63) is 29.8 Å². The molecular weight excluding hydrogens is 388 g/mol. The highest BCUT2D eigenvalue weighted by molar-refractivity contribution is 6.09. The first-order valence-corrected chi connectivity index (χ1v) is 10.2. The standard InChI is InChI=1S/C21H28N4O5/c1-21(14-8-10-16(30-2)11-9-14)19(28)25(20(29)24-21)13-18(27)22-12-17(26)23-15-6-4-3-5-7-15/h8-11,15H,3-7,12-13H2,1-2H3,(H,22,27)(H,23,26)(H,24,29). The van der Waals surface area contributed by atoms with Crippen LogP contribution in [0.15, 0.2) is 24.3 Å². The molecule has 9 nitrogen and oxygen atoms in total. The second-order valence-corrected chi connectivity index (χ2v) is 7.85. The Bertz CT molecular complexity index is 819. The number of urea groups is 1. The Morgan fingerprint density at radius 1 is 1.13 bits per heavy atom. The fraction of sp³-hybridized carbons (Fsp3) is 0.524. The lowest BCUT2D eigenvalue weighted by Crippen LogP contribution is -2.46. The van der Waals surface area contributed by atoms with Crippen LogP contribution in [0.1, 0.15) is 44.6 Å². The maximum Gasteiger partial charge on any atom is 0.325 e. The van der Waals surface area contributed by atoms with E-state index in [0.717, 1.165) is 30.6 Å². The van der Waals surface area contributed by atoms with Gasteiger partial charge in [0.1, 0.15) is 17.8 Å². The molecule has 1 aromatic rings. The predicted molar refractivity (Wildman–Crippen MR) is 109 cm³/mol. The van der Waals surface area contributed by atoms with Gasteiger partial charge in [-0.1, -0.05) is 31.4 Å². The molecule has 1 unspecified atom stereocenters. The summed E-state index contributed by atoms with van der Waals surface area (Å²) < 4.78 is 5.11. The van der Waals surface area contributed by atoms with Gasteiger partial charge >= 0.3 is 6.03 Å². The third-order valence-electron chi connectivity index (χ3n) is 5.66. The van der Waals surface area contributed by atoms with Crippen LogP contribution in [0.2, 0.25) is 0 Å². The smallest absolute Gasteiger partial charge is 0.325 e. The van der Waals surface area contributed by atoms with Crippen molar-refractivity contribution in [2.75, 3.05) is 20.2 Å². The van der Waals surface area contributed by atoms with Crippen molar-refractivity contribution in [2.24, 2.45) is 0 Å². The summed E-state index contributed by atoms with van der Waals surface area (Å²) in [4.78, 5) is 50.3. The van der Waals surface area contributed by atoms with Gasteiger partial charge in [0.2, 0.25) is 11.8 Å². The molecule has 1 saturated heterocycles. The molecule has 162 valence electrons. The lowest BCUT2D eigenvalue weighted by atomic mass is 9.92. The molecule has 0 aromatic heterocycles. The number of ether oxygens (including phenoxy) is 1. The minimum atomic E-state index is -1.28. The summed E-state index contributed by atoms with van der Waals surface area (Å²) in [5.41, 5.74) is -0.696. The molecule has 30 heavy (non-hydrogen) atoms. The summed E-state index contributed by atoms with van der Waals surface area (Å²) in [5.74, 6) is -0.742. The highest BCUT2D eigenvalue weighted by atomic mass is 16.5. The molecule has 3 rings (SSSR count). The van der Waals surface area contributed by atoms with Crippen molar-refractivity contribution in [1.82, 2.24) is 20.9 Å². The molecule has 1 aliphatic heterocycles. The van der Waals surface area contributed by atoms with E-state index in [1.165, 1.54) is 13.5 Å². The number of imide groups is 1. The minimum Gasteiger partial charge on any atom is -0.497 e. The molecular formula is C21H28N4O5. The van der Waals surface area contributed by atoms with Gasteiger partial charge in [0.15, 0.2) is 0 Å². The number of amides is 5. The molecule has 5 amide bonds. The van der Waals surface area contributed by atoms with Crippen molar-refractivity contribution in [3.8, 4) is 5.75 Å². The monoisotopic (exact) mass is 416 g/mol. The SMILES string of the molecule is COc1ccc(C2(C)NC(=O)N(CC(=O)NCC(=O)NC3CCCCC3)C2=O)cc1. The Balaban J connectivity index is 1.54. The highest BCUT2D eigenvalue weighted by Gasteiger charge is 2.49. The van der Waals surface area contributed by atoms with Crippen LogP contribution >= 0.6 is 0 Å². The summed E-state index contributed by atoms with van der Waals surface area (Å²) in [6, 6.07) is 6.27. The number of methoxy groups -OCH3 is 1. The van der Waals surface area contributed by atoms with E-state index in [2.05, 4.69) is 16.0 Å². The highest BCUT2D eigenvalue weighted by Crippen LogP contribution is 2.29. The third-order valence-corrected chi connectivity index (χ3v) is 5.66. The molecule has 1 atom stereocenters. The number of nitrogens with one attached hydrogen (secondary N) is 3. The molecule has 0 bridgehead atoms. The predicted octanol–water partition coefficient (Wildman–Crippen LogP) is 1.03. The Morgan fingerprint density at radius 2 is 1.80 bits per heavy atom. The number of benzene rings is 1. The number of carbonyl (C=O) groups is 4. The molecule has 0 radical (unpaired) electrons. The van der Waals surface area contributed by atoms with Gasteiger partial charge in [-0.05, 0) is 37.5 Å². The molecule has 1 saturated carbocycles. The molecule has 3 N–H and O–H groups in total. The Hall–Kier alpha value is -3.10. The molecule has 1 aliphatic carbocycles. The molecule has 1 heterocycles. The van der Waals surface area contributed by atoms with E-state index >= 15 is 0 Å². The Morgan fingerprint density at radius 3 is 2.43 bits per heavy atom. The number of rotatable bonds is 7. The van der Waals surface area contributed by atoms with Crippen molar-refractivity contribution in [2.45, 2.75) is 50.6 Å². The minimum absolute atomic E-state index is 0.152. The number of hydrogen-bond donors (Lipinski definition) is 3. The molecule has 2 aliphatic rings. The first-order chi connectivity index (χ1) is 14.3. The van der Waals surface area contributed by atoms with Crippen LogP contribution in [0.3, 0.4) is 0 Å². The fourth-order valence-electron chi connectivity index (χ4n) is 3.86. The van der Waals surface area contributed by atoms with Gasteiger partial charge in [0.05, 0.1) is 13.7 Å². The van der Waals surface area contributed by atoms with Crippen LogP contribution in [-0.2, 0) is 19.9 Å². The van der Waals surface area contributed by atoms with E-state index in [-0.39, 0.29) is 18.5 Å². The van der Waals surface area contributed by atoms with Gasteiger partial charge < -0.3 is 20.7 Å². The summed E-state index contributed by atoms with van der Waals surface area (Å²) in [7, 11) is 1.54. The van der Waals surface area contributed by atoms with E-state index in [1.807, 2.05) is 0 Å². The molecule has 2 fully saturated rings. The average molecular weight is 416 g/mol. The van der Waals surface area contributed by atoms with Crippen molar-refractivity contribution in [1.29, 1.82) is 0 Å².